The number of carboxylic acid groups (broad SMARTS) is 1. The Morgan fingerprint density at radius 2 is 2.10 bits per heavy atom. The lowest BCUT2D eigenvalue weighted by molar-refractivity contribution is -0.139. The molecule has 0 aromatic heterocycles. The lowest BCUT2D eigenvalue weighted by Gasteiger charge is -2.16. The summed E-state index contributed by atoms with van der Waals surface area (Å²) in [6, 6.07) is 6.98. The summed E-state index contributed by atoms with van der Waals surface area (Å²) < 4.78 is 4.98. The second-order valence-corrected chi connectivity index (χ2v) is 4.74. The van der Waals surface area contributed by atoms with Crippen molar-refractivity contribution in [2.24, 2.45) is 0 Å². The highest BCUT2D eigenvalue weighted by Crippen LogP contribution is 2.16. The first kappa shape index (κ1) is 16.8. The number of hydrogen-bond acceptors (Lipinski definition) is 4. The fourth-order valence-electron chi connectivity index (χ4n) is 1.68. The molecule has 1 unspecified atom stereocenters. The number of carbonyl (C=O) groups is 2. The summed E-state index contributed by atoms with van der Waals surface area (Å²) in [5.74, 6) is -0.970. The molecule has 1 atom stereocenters. The lowest BCUT2D eigenvalue weighted by Crippen LogP contribution is -2.37. The molecule has 0 spiro atoms. The van der Waals surface area contributed by atoms with Gasteiger partial charge in [0.1, 0.15) is 0 Å². The summed E-state index contributed by atoms with van der Waals surface area (Å²) in [7, 11) is 5.23. The first-order chi connectivity index (χ1) is 9.92. The molecule has 0 aliphatic heterocycles. The van der Waals surface area contributed by atoms with Crippen molar-refractivity contribution in [3.05, 3.63) is 24.3 Å². The van der Waals surface area contributed by atoms with Crippen LogP contribution in [-0.2, 0) is 9.53 Å². The summed E-state index contributed by atoms with van der Waals surface area (Å²) in [4.78, 5) is 24.3. The van der Waals surface area contributed by atoms with Gasteiger partial charge in [-0.05, 0) is 18.2 Å². The van der Waals surface area contributed by atoms with Gasteiger partial charge in [0.2, 0.25) is 0 Å². The number of benzene rings is 1. The van der Waals surface area contributed by atoms with Gasteiger partial charge in [-0.15, -0.1) is 0 Å². The molecular formula is C14H21N3O4. The number of nitrogens with zero attached hydrogens (tertiary/aromatic N) is 1. The van der Waals surface area contributed by atoms with Gasteiger partial charge >= 0.3 is 12.0 Å². The number of anilines is 2. The molecule has 7 heteroatoms. The fraction of sp³-hybridized carbons (Fsp3) is 0.429. The Morgan fingerprint density at radius 3 is 2.67 bits per heavy atom. The molecule has 2 amide bonds. The Balaban J connectivity index is 2.50. The number of nitrogens with one attached hydrogen (secondary N) is 2. The first-order valence-corrected chi connectivity index (χ1v) is 6.49. The van der Waals surface area contributed by atoms with Crippen LogP contribution in [0.4, 0.5) is 16.2 Å². The summed E-state index contributed by atoms with van der Waals surface area (Å²) in [5, 5.41) is 14.0. The van der Waals surface area contributed by atoms with Gasteiger partial charge in [0.15, 0.2) is 0 Å². The summed E-state index contributed by atoms with van der Waals surface area (Å²) in [6.07, 6.45) is -0.714. The van der Waals surface area contributed by atoms with Crippen LogP contribution in [0.1, 0.15) is 6.42 Å². The van der Waals surface area contributed by atoms with Crippen molar-refractivity contribution in [1.29, 1.82) is 0 Å². The van der Waals surface area contributed by atoms with E-state index in [4.69, 9.17) is 9.84 Å². The highest BCUT2D eigenvalue weighted by Gasteiger charge is 2.13. The van der Waals surface area contributed by atoms with E-state index in [0.29, 0.717) is 5.69 Å². The maximum absolute atomic E-state index is 11.8. The van der Waals surface area contributed by atoms with Crippen LogP contribution in [0.2, 0.25) is 0 Å². The molecule has 0 bridgehead atoms. The van der Waals surface area contributed by atoms with Gasteiger partial charge in [-0.3, -0.25) is 4.79 Å². The van der Waals surface area contributed by atoms with Gasteiger partial charge in [0, 0.05) is 39.1 Å². The van der Waals surface area contributed by atoms with Gasteiger partial charge in [-0.1, -0.05) is 6.07 Å². The summed E-state index contributed by atoms with van der Waals surface area (Å²) >= 11 is 0. The van der Waals surface area contributed by atoms with Crippen LogP contribution in [0.5, 0.6) is 0 Å². The van der Waals surface area contributed by atoms with Crippen molar-refractivity contribution in [2.45, 2.75) is 12.5 Å². The zero-order chi connectivity index (χ0) is 15.8. The van der Waals surface area contributed by atoms with E-state index < -0.39 is 18.1 Å². The molecule has 3 N–H and O–H groups in total. The zero-order valence-corrected chi connectivity index (χ0v) is 12.4. The molecule has 0 heterocycles. The van der Waals surface area contributed by atoms with E-state index in [1.807, 2.05) is 37.2 Å². The molecule has 0 saturated carbocycles. The van der Waals surface area contributed by atoms with Crippen molar-refractivity contribution < 1.29 is 19.4 Å². The number of carboxylic acids is 1. The minimum absolute atomic E-state index is 0.127. The maximum atomic E-state index is 11.8. The van der Waals surface area contributed by atoms with Crippen LogP contribution in [-0.4, -0.2) is 51.0 Å². The van der Waals surface area contributed by atoms with E-state index in [-0.39, 0.29) is 13.0 Å². The molecule has 1 aromatic carbocycles. The molecular weight excluding hydrogens is 274 g/mol. The molecule has 0 aliphatic carbocycles. The van der Waals surface area contributed by atoms with Crippen LogP contribution in [0.25, 0.3) is 0 Å². The van der Waals surface area contributed by atoms with Crippen LogP contribution < -0.4 is 15.5 Å². The standard InChI is InChI=1S/C14H21N3O4/c1-17(2)11-6-4-5-10(7-11)16-14(20)15-9-12(21-3)8-13(18)19/h4-7,12H,8-9H2,1-3H3,(H,18,19)(H2,15,16,20). The van der Waals surface area contributed by atoms with Gasteiger partial charge in [0.25, 0.3) is 0 Å². The van der Waals surface area contributed by atoms with E-state index in [1.165, 1.54) is 7.11 Å². The van der Waals surface area contributed by atoms with Crippen molar-refractivity contribution in [3.63, 3.8) is 0 Å². The molecule has 0 aliphatic rings. The lowest BCUT2D eigenvalue weighted by atomic mass is 10.2. The minimum atomic E-state index is -0.970. The molecule has 116 valence electrons. The number of carbonyl (C=O) groups excluding carboxylic acids is 1. The third kappa shape index (κ3) is 6.13. The second-order valence-electron chi connectivity index (χ2n) is 4.74. The molecule has 0 fully saturated rings. The van der Waals surface area contributed by atoms with E-state index in [9.17, 15) is 9.59 Å². The number of ether oxygens (including phenoxy) is 1. The monoisotopic (exact) mass is 295 g/mol. The van der Waals surface area contributed by atoms with Crippen LogP contribution >= 0.6 is 0 Å². The van der Waals surface area contributed by atoms with Crippen LogP contribution in [0, 0.1) is 0 Å². The summed E-state index contributed by atoms with van der Waals surface area (Å²) in [5.41, 5.74) is 1.62. The highest BCUT2D eigenvalue weighted by atomic mass is 16.5. The van der Waals surface area contributed by atoms with Crippen molar-refractivity contribution >= 4 is 23.4 Å². The SMILES string of the molecule is COC(CNC(=O)Nc1cccc(N(C)C)c1)CC(=O)O. The predicted molar refractivity (Wildman–Crippen MR) is 80.8 cm³/mol. The Labute approximate surface area is 123 Å². The Bertz CT molecular complexity index is 491. The third-order valence-electron chi connectivity index (χ3n) is 2.85. The molecule has 0 saturated heterocycles. The van der Waals surface area contributed by atoms with E-state index in [2.05, 4.69) is 10.6 Å². The highest BCUT2D eigenvalue weighted by molar-refractivity contribution is 5.89. The van der Waals surface area contributed by atoms with Crippen LogP contribution in [0.15, 0.2) is 24.3 Å². The fourth-order valence-corrected chi connectivity index (χ4v) is 1.68. The molecule has 1 aromatic rings. The van der Waals surface area contributed by atoms with Gasteiger partial charge in [-0.25, -0.2) is 4.79 Å². The number of amides is 2. The molecule has 21 heavy (non-hydrogen) atoms. The minimum Gasteiger partial charge on any atom is -0.481 e. The van der Waals surface area contributed by atoms with Crippen molar-refractivity contribution in [2.75, 3.05) is 38.0 Å². The number of aliphatic carboxylic acids is 1. The Morgan fingerprint density at radius 1 is 1.38 bits per heavy atom. The van der Waals surface area contributed by atoms with E-state index >= 15 is 0 Å². The second kappa shape index (κ2) is 8.11. The summed E-state index contributed by atoms with van der Waals surface area (Å²) in [6.45, 7) is 0.127. The largest absolute Gasteiger partial charge is 0.481 e. The van der Waals surface area contributed by atoms with E-state index in [1.54, 1.807) is 6.07 Å². The maximum Gasteiger partial charge on any atom is 0.319 e. The average molecular weight is 295 g/mol. The number of urea groups is 1. The van der Waals surface area contributed by atoms with Gasteiger partial charge in [0.05, 0.1) is 12.5 Å². The molecule has 0 radical (unpaired) electrons. The predicted octanol–water partition coefficient (Wildman–Crippen LogP) is 1.36. The molecule has 7 nitrogen and oxygen atoms in total. The number of rotatable bonds is 7. The first-order valence-electron chi connectivity index (χ1n) is 6.49. The number of hydrogen-bond donors (Lipinski definition) is 3. The quantitative estimate of drug-likeness (QED) is 0.706. The van der Waals surface area contributed by atoms with E-state index in [0.717, 1.165) is 5.69 Å². The smallest absolute Gasteiger partial charge is 0.319 e. The average Bonchev–Trinajstić information content (AvgIpc) is 2.43. The Kier molecular flexibility index (Phi) is 6.48. The third-order valence-corrected chi connectivity index (χ3v) is 2.85. The van der Waals surface area contributed by atoms with Crippen molar-refractivity contribution in [3.8, 4) is 0 Å². The Hall–Kier alpha value is -2.28. The van der Waals surface area contributed by atoms with Gasteiger partial charge < -0.3 is 25.4 Å². The zero-order valence-electron chi connectivity index (χ0n) is 12.4. The van der Waals surface area contributed by atoms with Crippen molar-refractivity contribution in [1.82, 2.24) is 5.32 Å². The topological polar surface area (TPSA) is 90.9 Å². The van der Waals surface area contributed by atoms with Gasteiger partial charge in [-0.2, -0.15) is 0 Å². The van der Waals surface area contributed by atoms with Crippen LogP contribution in [0.3, 0.4) is 0 Å². The molecule has 1 rings (SSSR count). The number of methoxy groups -OCH3 is 1. The normalized spacial score (nSPS) is 11.6.